The number of rotatable bonds is 11. The van der Waals surface area contributed by atoms with Crippen molar-refractivity contribution in [2.75, 3.05) is 25.0 Å². The first-order valence-corrected chi connectivity index (χ1v) is 18.3. The summed E-state index contributed by atoms with van der Waals surface area (Å²) in [5.74, 6) is -2.32. The number of nitrogens with one attached hydrogen (secondary N) is 2. The van der Waals surface area contributed by atoms with Crippen LogP contribution in [0.1, 0.15) is 47.7 Å². The van der Waals surface area contributed by atoms with Crippen LogP contribution in [0.4, 0.5) is 18.9 Å². The fourth-order valence-electron chi connectivity index (χ4n) is 6.45. The van der Waals surface area contributed by atoms with Crippen LogP contribution in [0, 0.1) is 11.3 Å². The maximum absolute atomic E-state index is 14.0. The smallest absolute Gasteiger partial charge is 0.404 e. The van der Waals surface area contributed by atoms with Crippen LogP contribution in [0.3, 0.4) is 0 Å². The summed E-state index contributed by atoms with van der Waals surface area (Å²) in [5, 5.41) is 14.7. The number of alkyl halides is 3. The Morgan fingerprint density at radius 2 is 1.81 bits per heavy atom. The minimum Gasteiger partial charge on any atom is -0.464 e. The Bertz CT molecular complexity index is 1960. The van der Waals surface area contributed by atoms with Crippen molar-refractivity contribution in [3.05, 3.63) is 87.7 Å². The van der Waals surface area contributed by atoms with Crippen molar-refractivity contribution in [2.45, 2.75) is 67.8 Å². The number of sulfonamides is 1. The van der Waals surface area contributed by atoms with E-state index in [0.29, 0.717) is 11.3 Å². The molecule has 0 radical (unpaired) electrons. The Labute approximate surface area is 307 Å². The van der Waals surface area contributed by atoms with Gasteiger partial charge in [0.05, 0.1) is 38.7 Å². The second-order valence-corrected chi connectivity index (χ2v) is 14.9. The Morgan fingerprint density at radius 1 is 1.12 bits per heavy atom. The Kier molecular flexibility index (Phi) is 12.1. The van der Waals surface area contributed by atoms with Crippen molar-refractivity contribution >= 4 is 56.7 Å². The number of esters is 1. The number of likely N-dealkylation sites (tertiary alicyclic amines) is 1. The van der Waals surface area contributed by atoms with Gasteiger partial charge in [-0.05, 0) is 68.6 Å². The highest BCUT2D eigenvalue weighted by Crippen LogP contribution is 2.38. The van der Waals surface area contributed by atoms with Crippen LogP contribution in [0.2, 0.25) is 10.0 Å². The van der Waals surface area contributed by atoms with Gasteiger partial charge in [-0.25, -0.2) is 13.2 Å². The second kappa shape index (κ2) is 16.2. The Morgan fingerprint density at radius 3 is 2.44 bits per heavy atom. The number of anilines is 1. The summed E-state index contributed by atoms with van der Waals surface area (Å²) in [6, 6.07) is 7.64. The molecule has 52 heavy (non-hydrogen) atoms. The number of hydrogen-bond acceptors (Lipinski definition) is 9. The lowest BCUT2D eigenvalue weighted by Crippen LogP contribution is -2.51. The average molecular weight is 782 g/mol. The van der Waals surface area contributed by atoms with Crippen LogP contribution >= 0.6 is 23.2 Å². The first-order chi connectivity index (χ1) is 24.6. The molecule has 12 nitrogen and oxygen atoms in total. The van der Waals surface area contributed by atoms with E-state index in [0.717, 1.165) is 10.4 Å². The predicted octanol–water partition coefficient (Wildman–Crippen LogP) is 4.96. The fraction of sp³-hybridized carbons (Fsp3) is 0.382. The highest BCUT2D eigenvalue weighted by molar-refractivity contribution is 7.89. The monoisotopic (exact) mass is 780 g/mol. The second-order valence-electron chi connectivity index (χ2n) is 12.2. The zero-order valence-electron chi connectivity index (χ0n) is 27.6. The number of amides is 2. The SMILES string of the molecule is CCOC(=O)[C@H](Cc1ccc(NC(=O)c2c(Cl)cncc2Cl)cc1)NC(=O)C1C[C@@H](N2CCCC2C(F)(F)F)CN1S(=O)(=O)c1cccc(C#N)c1. The van der Waals surface area contributed by atoms with E-state index in [4.69, 9.17) is 27.9 Å². The summed E-state index contributed by atoms with van der Waals surface area (Å²) in [6.07, 6.45) is -2.32. The van der Waals surface area contributed by atoms with E-state index in [1.54, 1.807) is 31.2 Å². The molecule has 2 saturated heterocycles. The lowest BCUT2D eigenvalue weighted by atomic mass is 10.0. The molecule has 0 bridgehead atoms. The number of carbonyl (C=O) groups is 3. The Balaban J connectivity index is 1.38. The molecule has 4 atom stereocenters. The molecule has 1 aromatic heterocycles. The van der Waals surface area contributed by atoms with Crippen LogP contribution < -0.4 is 10.6 Å². The molecule has 0 saturated carbocycles. The van der Waals surface area contributed by atoms with Crippen molar-refractivity contribution < 1.29 is 40.7 Å². The lowest BCUT2D eigenvalue weighted by Gasteiger charge is -2.31. The van der Waals surface area contributed by atoms with Gasteiger partial charge < -0.3 is 15.4 Å². The maximum atomic E-state index is 14.0. The zero-order valence-corrected chi connectivity index (χ0v) is 29.9. The van der Waals surface area contributed by atoms with E-state index in [9.17, 15) is 41.2 Å². The quantitative estimate of drug-likeness (QED) is 0.256. The molecule has 0 spiro atoms. The first-order valence-electron chi connectivity index (χ1n) is 16.1. The number of halogens is 5. The fourth-order valence-corrected chi connectivity index (χ4v) is 8.67. The summed E-state index contributed by atoms with van der Waals surface area (Å²) in [6.45, 7) is 1.17. The summed E-state index contributed by atoms with van der Waals surface area (Å²) in [4.78, 5) is 44.6. The van der Waals surface area contributed by atoms with E-state index in [1.807, 2.05) is 6.07 Å². The van der Waals surface area contributed by atoms with E-state index < -0.39 is 64.7 Å². The van der Waals surface area contributed by atoms with Crippen molar-refractivity contribution in [3.63, 3.8) is 0 Å². The zero-order chi connectivity index (χ0) is 37.8. The van der Waals surface area contributed by atoms with E-state index in [2.05, 4.69) is 15.6 Å². The average Bonchev–Trinajstić information content (AvgIpc) is 3.78. The largest absolute Gasteiger partial charge is 0.464 e. The van der Waals surface area contributed by atoms with Gasteiger partial charge in [0.2, 0.25) is 15.9 Å². The lowest BCUT2D eigenvalue weighted by molar-refractivity contribution is -0.180. The van der Waals surface area contributed by atoms with Crippen LogP contribution in [-0.2, 0) is 30.8 Å². The molecular formula is C34H33Cl2F3N6O6S. The first kappa shape index (κ1) is 38.9. The molecule has 2 N–H and O–H groups in total. The van der Waals surface area contributed by atoms with Crippen LogP contribution in [-0.4, -0.2) is 90.4 Å². The third kappa shape index (κ3) is 8.67. The summed E-state index contributed by atoms with van der Waals surface area (Å²) in [7, 11) is -4.50. The molecule has 5 rings (SSSR count). The van der Waals surface area contributed by atoms with Gasteiger partial charge in [0.1, 0.15) is 18.1 Å². The van der Waals surface area contributed by atoms with E-state index in [1.165, 1.54) is 35.5 Å². The van der Waals surface area contributed by atoms with Gasteiger partial charge in [0.15, 0.2) is 0 Å². The van der Waals surface area contributed by atoms with E-state index >= 15 is 0 Å². The molecular weight excluding hydrogens is 748 g/mol. The van der Waals surface area contributed by atoms with Crippen molar-refractivity contribution in [2.24, 2.45) is 0 Å². The number of pyridine rings is 1. The number of carbonyl (C=O) groups excluding carboxylic acids is 3. The topological polar surface area (TPSA) is 162 Å². The number of nitriles is 1. The van der Waals surface area contributed by atoms with Gasteiger partial charge in [-0.3, -0.25) is 19.5 Å². The normalized spacial score (nSPS) is 20.2. The maximum Gasteiger partial charge on any atom is 0.404 e. The van der Waals surface area contributed by atoms with Crippen LogP contribution in [0.15, 0.2) is 65.8 Å². The summed E-state index contributed by atoms with van der Waals surface area (Å²) >= 11 is 12.2. The molecule has 2 amide bonds. The number of benzene rings is 2. The van der Waals surface area contributed by atoms with Gasteiger partial charge in [-0.15, -0.1) is 0 Å². The van der Waals surface area contributed by atoms with Crippen LogP contribution in [0.25, 0.3) is 0 Å². The third-order valence-electron chi connectivity index (χ3n) is 8.87. The molecule has 2 aliphatic rings. The number of ether oxygens (including phenoxy) is 1. The molecule has 3 aromatic rings. The van der Waals surface area contributed by atoms with Crippen molar-refractivity contribution in [1.82, 2.24) is 19.5 Å². The third-order valence-corrected chi connectivity index (χ3v) is 11.3. The molecule has 0 aliphatic carbocycles. The number of nitrogens with zero attached hydrogens (tertiary/aromatic N) is 4. The van der Waals surface area contributed by atoms with Crippen molar-refractivity contribution in [1.29, 1.82) is 5.26 Å². The molecule has 2 unspecified atom stereocenters. The van der Waals surface area contributed by atoms with Crippen molar-refractivity contribution in [3.8, 4) is 6.07 Å². The van der Waals surface area contributed by atoms with Gasteiger partial charge in [-0.2, -0.15) is 22.7 Å². The molecule has 18 heteroatoms. The number of hydrogen-bond donors (Lipinski definition) is 2. The molecule has 2 aromatic carbocycles. The summed E-state index contributed by atoms with van der Waals surface area (Å²) in [5.41, 5.74) is 0.928. The molecule has 2 fully saturated rings. The molecule has 2 aliphatic heterocycles. The van der Waals surface area contributed by atoms with Gasteiger partial charge in [0.25, 0.3) is 5.91 Å². The molecule has 3 heterocycles. The standard InChI is InChI=1S/C34H33Cl2F3N6O6S/c1-2-51-33(48)27(14-20-8-10-22(11-9-20)42-32(47)30-25(35)17-41-18-26(30)36)43-31(46)28-15-23(44-12-4-7-29(44)34(37,38)39)19-45(28)52(49,50)24-6-3-5-21(13-24)16-40/h3,5-6,8-11,13,17-18,23,27-29H,2,4,7,12,14-15,19H2,1H3,(H,42,47)(H,43,46)/t23-,27+,28?,29?/m1/s1. The summed E-state index contributed by atoms with van der Waals surface area (Å²) < 4.78 is 75.9. The molecule has 276 valence electrons. The predicted molar refractivity (Wildman–Crippen MR) is 184 cm³/mol. The van der Waals surface area contributed by atoms with Gasteiger partial charge in [-0.1, -0.05) is 41.4 Å². The highest BCUT2D eigenvalue weighted by atomic mass is 35.5. The van der Waals surface area contributed by atoms with Gasteiger partial charge >= 0.3 is 12.1 Å². The minimum absolute atomic E-state index is 0.0223. The van der Waals surface area contributed by atoms with E-state index in [-0.39, 0.29) is 64.9 Å². The van der Waals surface area contributed by atoms with Crippen LogP contribution in [0.5, 0.6) is 0 Å². The Hall–Kier alpha value is -4.27. The minimum atomic E-state index is -4.56. The van der Waals surface area contributed by atoms with Gasteiger partial charge in [0, 0.05) is 37.1 Å². The number of aromatic nitrogens is 1. The highest BCUT2D eigenvalue weighted by Gasteiger charge is 2.53.